The lowest BCUT2D eigenvalue weighted by atomic mass is 10.2. The van der Waals surface area contributed by atoms with Gasteiger partial charge in [0.25, 0.3) is 5.91 Å². The Morgan fingerprint density at radius 1 is 1.37 bits per heavy atom. The maximum absolute atomic E-state index is 12.2. The maximum atomic E-state index is 12.2. The van der Waals surface area contributed by atoms with Gasteiger partial charge in [-0.2, -0.15) is 0 Å². The van der Waals surface area contributed by atoms with Crippen molar-refractivity contribution in [1.29, 1.82) is 0 Å². The molecule has 0 aliphatic heterocycles. The average Bonchev–Trinajstić information content (AvgIpc) is 2.85. The number of aryl methyl sites for hydroxylation is 1. The lowest BCUT2D eigenvalue weighted by Gasteiger charge is -2.13. The Labute approximate surface area is 116 Å². The molecule has 2 heterocycles. The lowest BCUT2D eigenvalue weighted by molar-refractivity contribution is 0.0941. The molecule has 4 nitrogen and oxygen atoms in total. The van der Waals surface area contributed by atoms with Crippen molar-refractivity contribution in [2.45, 2.75) is 19.9 Å². The van der Waals surface area contributed by atoms with Gasteiger partial charge in [-0.25, -0.2) is 4.98 Å². The Kier molecular flexibility index (Phi) is 4.16. The van der Waals surface area contributed by atoms with Crippen LogP contribution in [0.2, 0.25) is 0 Å². The summed E-state index contributed by atoms with van der Waals surface area (Å²) >= 11 is 1.70. The highest BCUT2D eigenvalue weighted by Crippen LogP contribution is 2.23. The summed E-state index contributed by atoms with van der Waals surface area (Å²) < 4.78 is 0. The van der Waals surface area contributed by atoms with Crippen molar-refractivity contribution in [1.82, 2.24) is 10.3 Å². The highest BCUT2D eigenvalue weighted by Gasteiger charge is 2.15. The van der Waals surface area contributed by atoms with Crippen molar-refractivity contribution in [3.05, 3.63) is 45.8 Å². The maximum Gasteiger partial charge on any atom is 0.255 e. The normalized spacial score (nSPS) is 11.9. The van der Waals surface area contributed by atoms with E-state index in [1.807, 2.05) is 13.0 Å². The summed E-state index contributed by atoms with van der Waals surface area (Å²) in [6.07, 6.45) is 1.66. The number of amides is 1. The predicted octanol–water partition coefficient (Wildman–Crippen LogP) is 2.98. The van der Waals surface area contributed by atoms with Crippen LogP contribution in [0.3, 0.4) is 0 Å². The zero-order valence-electron chi connectivity index (χ0n) is 11.2. The molecule has 2 rings (SSSR count). The van der Waals surface area contributed by atoms with Crippen molar-refractivity contribution < 1.29 is 4.79 Å². The number of carbonyl (C=O) groups is 1. The molecule has 1 unspecified atom stereocenters. The Hall–Kier alpha value is -1.88. The molecule has 0 saturated carbocycles. The number of hydrogen-bond acceptors (Lipinski definition) is 4. The zero-order chi connectivity index (χ0) is 13.8. The first-order valence-electron chi connectivity index (χ1n) is 6.11. The third-order valence-electron chi connectivity index (χ3n) is 2.82. The van der Waals surface area contributed by atoms with Crippen LogP contribution < -0.4 is 10.6 Å². The summed E-state index contributed by atoms with van der Waals surface area (Å²) in [6, 6.07) is 7.63. The molecule has 5 heteroatoms. The Bertz CT molecular complexity index is 580. The molecule has 1 amide bonds. The van der Waals surface area contributed by atoms with Gasteiger partial charge in [0.05, 0.1) is 11.6 Å². The third kappa shape index (κ3) is 3.12. The van der Waals surface area contributed by atoms with Gasteiger partial charge >= 0.3 is 0 Å². The number of nitrogens with one attached hydrogen (secondary N) is 2. The highest BCUT2D eigenvalue weighted by atomic mass is 32.1. The molecule has 0 aliphatic carbocycles. The predicted molar refractivity (Wildman–Crippen MR) is 78.7 cm³/mol. The van der Waals surface area contributed by atoms with E-state index in [4.69, 9.17) is 0 Å². The molecule has 100 valence electrons. The van der Waals surface area contributed by atoms with Gasteiger partial charge in [0, 0.05) is 23.0 Å². The van der Waals surface area contributed by atoms with Gasteiger partial charge in [-0.15, -0.1) is 11.3 Å². The summed E-state index contributed by atoms with van der Waals surface area (Å²) in [5.41, 5.74) is 0.560. The van der Waals surface area contributed by atoms with Gasteiger partial charge in [0.2, 0.25) is 0 Å². The first kappa shape index (κ1) is 13.5. The molecule has 2 aromatic heterocycles. The number of pyridine rings is 1. The fourth-order valence-corrected chi connectivity index (χ4v) is 2.70. The first-order valence-corrected chi connectivity index (χ1v) is 6.93. The van der Waals surface area contributed by atoms with Crippen molar-refractivity contribution in [3.8, 4) is 0 Å². The van der Waals surface area contributed by atoms with Crippen LogP contribution in [0.15, 0.2) is 30.5 Å². The van der Waals surface area contributed by atoms with Gasteiger partial charge in [-0.3, -0.25) is 4.79 Å². The van der Waals surface area contributed by atoms with E-state index in [0.29, 0.717) is 11.4 Å². The SMILES string of the molecule is CNc1ncccc1C(=O)NC(C)c1ccc(C)s1. The quantitative estimate of drug-likeness (QED) is 0.902. The topological polar surface area (TPSA) is 54.0 Å². The molecule has 2 aromatic rings. The van der Waals surface area contributed by atoms with Crippen molar-refractivity contribution in [2.75, 3.05) is 12.4 Å². The fraction of sp³-hybridized carbons (Fsp3) is 0.286. The average molecular weight is 275 g/mol. The van der Waals surface area contributed by atoms with E-state index in [9.17, 15) is 4.79 Å². The highest BCUT2D eigenvalue weighted by molar-refractivity contribution is 7.12. The van der Waals surface area contributed by atoms with Gasteiger partial charge in [-0.1, -0.05) is 0 Å². The van der Waals surface area contributed by atoms with Crippen LogP contribution in [0.5, 0.6) is 0 Å². The summed E-state index contributed by atoms with van der Waals surface area (Å²) in [5, 5.41) is 5.92. The number of thiophene rings is 1. The molecule has 1 atom stereocenters. The van der Waals surface area contributed by atoms with Crippen LogP contribution in [-0.4, -0.2) is 17.9 Å². The number of aromatic nitrogens is 1. The smallest absolute Gasteiger partial charge is 0.255 e. The van der Waals surface area contributed by atoms with Crippen molar-refractivity contribution in [3.63, 3.8) is 0 Å². The minimum Gasteiger partial charge on any atom is -0.372 e. The van der Waals surface area contributed by atoms with E-state index in [0.717, 1.165) is 4.88 Å². The van der Waals surface area contributed by atoms with E-state index in [1.54, 1.807) is 36.7 Å². The standard InChI is InChI=1S/C14H17N3OS/c1-9-6-7-12(19-9)10(2)17-14(18)11-5-4-8-16-13(11)15-3/h4-8,10H,1-3H3,(H,15,16)(H,17,18). The molecule has 0 bridgehead atoms. The molecule has 19 heavy (non-hydrogen) atoms. The second-order valence-electron chi connectivity index (χ2n) is 4.29. The number of anilines is 1. The molecule has 0 spiro atoms. The summed E-state index contributed by atoms with van der Waals surface area (Å²) in [6.45, 7) is 4.04. The molecular weight excluding hydrogens is 258 g/mol. The summed E-state index contributed by atoms with van der Waals surface area (Å²) in [7, 11) is 1.76. The van der Waals surface area contributed by atoms with Crippen LogP contribution in [0, 0.1) is 6.92 Å². The van der Waals surface area contributed by atoms with Gasteiger partial charge in [0.1, 0.15) is 5.82 Å². The fourth-order valence-electron chi connectivity index (χ4n) is 1.82. The zero-order valence-corrected chi connectivity index (χ0v) is 12.0. The molecule has 0 fully saturated rings. The second-order valence-corrected chi connectivity index (χ2v) is 5.61. The first-order chi connectivity index (χ1) is 9.11. The lowest BCUT2D eigenvalue weighted by Crippen LogP contribution is -2.27. The monoisotopic (exact) mass is 275 g/mol. The molecular formula is C14H17N3OS. The number of carbonyl (C=O) groups excluding carboxylic acids is 1. The van der Waals surface area contributed by atoms with Crippen LogP contribution in [-0.2, 0) is 0 Å². The molecule has 2 N–H and O–H groups in total. The Morgan fingerprint density at radius 3 is 2.79 bits per heavy atom. The number of hydrogen-bond donors (Lipinski definition) is 2. The number of nitrogens with zero attached hydrogens (tertiary/aromatic N) is 1. The largest absolute Gasteiger partial charge is 0.372 e. The van der Waals surface area contributed by atoms with Gasteiger partial charge < -0.3 is 10.6 Å². The van der Waals surface area contributed by atoms with Crippen molar-refractivity contribution in [2.24, 2.45) is 0 Å². The molecule has 0 saturated heterocycles. The summed E-state index contributed by atoms with van der Waals surface area (Å²) in [5.74, 6) is 0.477. The van der Waals surface area contributed by atoms with Gasteiger partial charge in [0.15, 0.2) is 0 Å². The van der Waals surface area contributed by atoms with E-state index < -0.39 is 0 Å². The van der Waals surface area contributed by atoms with E-state index in [-0.39, 0.29) is 11.9 Å². The van der Waals surface area contributed by atoms with E-state index in [1.165, 1.54) is 4.88 Å². The van der Waals surface area contributed by atoms with Crippen molar-refractivity contribution >= 4 is 23.1 Å². The minimum absolute atomic E-state index is 0.00360. The third-order valence-corrected chi connectivity index (χ3v) is 4.01. The molecule has 0 aromatic carbocycles. The molecule has 0 radical (unpaired) electrons. The van der Waals surface area contributed by atoms with E-state index in [2.05, 4.69) is 28.6 Å². The Balaban J connectivity index is 2.12. The van der Waals surface area contributed by atoms with Crippen LogP contribution in [0.1, 0.15) is 33.1 Å². The molecule has 0 aliphatic rings. The van der Waals surface area contributed by atoms with Crippen LogP contribution in [0.4, 0.5) is 5.82 Å². The second kappa shape index (κ2) is 5.84. The minimum atomic E-state index is -0.115. The van der Waals surface area contributed by atoms with E-state index >= 15 is 0 Å². The number of rotatable bonds is 4. The van der Waals surface area contributed by atoms with Crippen LogP contribution >= 0.6 is 11.3 Å². The summed E-state index contributed by atoms with van der Waals surface area (Å²) in [4.78, 5) is 18.8. The van der Waals surface area contributed by atoms with Crippen LogP contribution in [0.25, 0.3) is 0 Å². The Morgan fingerprint density at radius 2 is 2.16 bits per heavy atom. The van der Waals surface area contributed by atoms with Gasteiger partial charge in [-0.05, 0) is 38.1 Å².